The van der Waals surface area contributed by atoms with Crippen molar-refractivity contribution in [3.05, 3.63) is 62.8 Å². The van der Waals surface area contributed by atoms with Crippen LogP contribution in [0.1, 0.15) is 0 Å². The summed E-state index contributed by atoms with van der Waals surface area (Å²) in [5.74, 6) is -3.09. The molecular weight excluding hydrogens is 332 g/mol. The lowest BCUT2D eigenvalue weighted by Gasteiger charge is -2.26. The maximum Gasteiger partial charge on any atom is 0.0969 e. The second kappa shape index (κ2) is 16.1. The highest BCUT2D eigenvalue weighted by Gasteiger charge is 2.08. The van der Waals surface area contributed by atoms with Gasteiger partial charge in [0.15, 0.2) is 0 Å². The van der Waals surface area contributed by atoms with Crippen LogP contribution < -0.4 is 10.2 Å². The summed E-state index contributed by atoms with van der Waals surface area (Å²) in [6, 6.07) is 0. The van der Waals surface area contributed by atoms with Gasteiger partial charge in [0, 0.05) is 0 Å². The Bertz CT molecular complexity index is 424. The molecule has 0 bridgehead atoms. The van der Waals surface area contributed by atoms with Crippen molar-refractivity contribution in [1.29, 1.82) is 0 Å². The molecule has 6 heteroatoms. The van der Waals surface area contributed by atoms with Gasteiger partial charge < -0.3 is 28.8 Å². The van der Waals surface area contributed by atoms with E-state index in [0.29, 0.717) is 12.2 Å². The first-order valence-electron chi connectivity index (χ1n) is 8.05. The Morgan fingerprint density at radius 2 is 0.846 bits per heavy atom. The fraction of sp³-hybridized carbons (Fsp3) is 0.400. The summed E-state index contributed by atoms with van der Waals surface area (Å²) in [5, 5.41) is 18.8. The molecule has 26 heavy (non-hydrogen) atoms. The van der Waals surface area contributed by atoms with Gasteiger partial charge in [0.05, 0.1) is 66.3 Å². The van der Waals surface area contributed by atoms with Gasteiger partial charge in [-0.3, -0.25) is 0 Å². The zero-order valence-electron chi connectivity index (χ0n) is 16.6. The summed E-state index contributed by atoms with van der Waals surface area (Å²) in [4.78, 5) is 18.8. The molecule has 0 saturated heterocycles. The topological polar surface area (TPSA) is 80.3 Å². The number of hydrogen-bond donors (Lipinski definition) is 0. The number of carboxylic acid groups (broad SMARTS) is 2. The van der Waals surface area contributed by atoms with E-state index in [9.17, 15) is 19.8 Å². The van der Waals surface area contributed by atoms with Crippen molar-refractivity contribution in [3.63, 3.8) is 0 Å². The first kappa shape index (κ1) is 28.4. The smallest absolute Gasteiger partial charge is 0.0969 e. The van der Waals surface area contributed by atoms with Crippen molar-refractivity contribution in [1.82, 2.24) is 0 Å². The fourth-order valence-corrected chi connectivity index (χ4v) is 1.68. The number of carboxylic acids is 2. The third-order valence-electron chi connectivity index (χ3n) is 2.85. The normalized spacial score (nSPS) is 10.5. The molecule has 0 amide bonds. The first-order valence-corrected chi connectivity index (χ1v) is 8.05. The maximum atomic E-state index is 9.41. The number of aliphatic carboxylic acids is 2. The van der Waals surface area contributed by atoms with Crippen LogP contribution in [0.3, 0.4) is 0 Å². The molecule has 0 aromatic rings. The molecule has 0 atom stereocenters. The molecule has 0 aliphatic rings. The molecule has 6 nitrogen and oxygen atoms in total. The second-order valence-electron chi connectivity index (χ2n) is 6.73. The first-order chi connectivity index (χ1) is 11.9. The van der Waals surface area contributed by atoms with E-state index in [0.717, 1.165) is 35.1 Å². The van der Waals surface area contributed by atoms with Crippen molar-refractivity contribution >= 4 is 11.9 Å². The van der Waals surface area contributed by atoms with E-state index in [1.807, 2.05) is 24.3 Å². The predicted octanol–water partition coefficient (Wildman–Crippen LogP) is -0.0880. The third kappa shape index (κ3) is 26.5. The second-order valence-corrected chi connectivity index (χ2v) is 6.73. The van der Waals surface area contributed by atoms with Gasteiger partial charge in [0.2, 0.25) is 0 Å². The Kier molecular flexibility index (Phi) is 17.5. The number of nitrogens with zero attached hydrogens (tertiary/aromatic N) is 2. The van der Waals surface area contributed by atoms with Crippen molar-refractivity contribution < 1.29 is 28.8 Å². The minimum atomic E-state index is -1.55. The van der Waals surface area contributed by atoms with Crippen LogP contribution in [-0.4, -0.2) is 75.3 Å². The van der Waals surface area contributed by atoms with Crippen LogP contribution in [0.15, 0.2) is 62.8 Å². The van der Waals surface area contributed by atoms with E-state index < -0.39 is 11.9 Å². The molecule has 0 spiro atoms. The molecular formula is C20H34N2O4. The Balaban J connectivity index is -0.000000306. The van der Waals surface area contributed by atoms with Crippen LogP contribution in [0.4, 0.5) is 0 Å². The Morgan fingerprint density at radius 1 is 0.654 bits per heavy atom. The Labute approximate surface area is 158 Å². The van der Waals surface area contributed by atoms with Crippen molar-refractivity contribution in [3.8, 4) is 0 Å². The summed E-state index contributed by atoms with van der Waals surface area (Å²) in [6.45, 7) is 18.7. The van der Waals surface area contributed by atoms with Crippen LogP contribution in [0.25, 0.3) is 0 Å². The zero-order valence-corrected chi connectivity index (χ0v) is 16.6. The van der Waals surface area contributed by atoms with E-state index in [1.165, 1.54) is 0 Å². The van der Waals surface area contributed by atoms with Crippen LogP contribution in [0.2, 0.25) is 0 Å². The Morgan fingerprint density at radius 3 is 0.962 bits per heavy atom. The zero-order chi connectivity index (χ0) is 21.2. The molecule has 0 saturated carbocycles. The molecule has 0 rings (SSSR count). The summed E-state index contributed by atoms with van der Waals surface area (Å²) in [5.41, 5.74) is 0. The van der Waals surface area contributed by atoms with Crippen molar-refractivity contribution in [2.75, 3.05) is 54.4 Å². The Hall–Kier alpha value is -2.44. The molecule has 148 valence electrons. The van der Waals surface area contributed by atoms with Gasteiger partial charge in [-0.2, -0.15) is 0 Å². The van der Waals surface area contributed by atoms with Crippen molar-refractivity contribution in [2.45, 2.75) is 0 Å². The summed E-state index contributed by atoms with van der Waals surface area (Å²) >= 11 is 0. The average molecular weight is 367 g/mol. The molecule has 0 fully saturated rings. The minimum Gasteiger partial charge on any atom is -0.545 e. The summed E-state index contributed by atoms with van der Waals surface area (Å²) in [7, 11) is 8.62. The van der Waals surface area contributed by atoms with Crippen LogP contribution in [0, 0.1) is 0 Å². The van der Waals surface area contributed by atoms with Gasteiger partial charge in [-0.15, -0.1) is 0 Å². The van der Waals surface area contributed by atoms with E-state index in [-0.39, 0.29) is 0 Å². The van der Waals surface area contributed by atoms with E-state index >= 15 is 0 Å². The van der Waals surface area contributed by atoms with Gasteiger partial charge in [-0.25, -0.2) is 0 Å². The molecule has 0 aliphatic carbocycles. The van der Waals surface area contributed by atoms with E-state index in [1.54, 1.807) is 0 Å². The number of likely N-dealkylation sites (N-methyl/N-ethyl adjacent to an activating group) is 2. The molecule has 0 aliphatic heterocycles. The number of carbonyl (C=O) groups excluding carboxylic acids is 2. The molecule has 0 unspecified atom stereocenters. The minimum absolute atomic E-state index is 0.384. The highest BCUT2D eigenvalue weighted by atomic mass is 16.4. The highest BCUT2D eigenvalue weighted by molar-refractivity contribution is 5.87. The number of quaternary nitrogens is 2. The molecule has 0 heterocycles. The number of hydrogen-bond acceptors (Lipinski definition) is 4. The standard InChI is InChI=1S/2C8H16N.C4H4O4/c2*1-5-7-9(3,4)8-6-2;5-3(6)1-2-4(7)8/h2*5-6H,1-2,7-8H2,3-4H3;1-2H,(H,5,6)(H,7,8)/q2*+1;/p-2/b;;2-1-. The van der Waals surface area contributed by atoms with Crippen LogP contribution in [0.5, 0.6) is 0 Å². The van der Waals surface area contributed by atoms with Crippen molar-refractivity contribution in [2.24, 2.45) is 0 Å². The quantitative estimate of drug-likeness (QED) is 0.307. The van der Waals surface area contributed by atoms with Gasteiger partial charge >= 0.3 is 0 Å². The van der Waals surface area contributed by atoms with Crippen LogP contribution >= 0.6 is 0 Å². The fourth-order valence-electron chi connectivity index (χ4n) is 1.68. The lowest BCUT2D eigenvalue weighted by atomic mass is 10.4. The molecule has 0 aromatic heterocycles. The molecule has 0 aromatic carbocycles. The van der Waals surface area contributed by atoms with Gasteiger partial charge in [-0.1, -0.05) is 26.3 Å². The highest BCUT2D eigenvalue weighted by Crippen LogP contribution is 1.95. The molecule has 0 N–H and O–H groups in total. The lowest BCUT2D eigenvalue weighted by molar-refractivity contribution is -0.878. The van der Waals surface area contributed by atoms with E-state index in [4.69, 9.17) is 0 Å². The average Bonchev–Trinajstić information content (AvgIpc) is 2.46. The van der Waals surface area contributed by atoms with Gasteiger partial charge in [-0.05, 0) is 36.5 Å². The SMILES string of the molecule is C=CC[N+](C)(C)CC=C.C=CC[N+](C)(C)CC=C.O=C([O-])/C=C\C(=O)[O-]. The maximum absolute atomic E-state index is 9.41. The van der Waals surface area contributed by atoms with Crippen LogP contribution in [-0.2, 0) is 9.59 Å². The van der Waals surface area contributed by atoms with E-state index in [2.05, 4.69) is 54.5 Å². The molecule has 0 radical (unpaired) electrons. The van der Waals surface area contributed by atoms with Gasteiger partial charge in [0.1, 0.15) is 0 Å². The summed E-state index contributed by atoms with van der Waals surface area (Å²) in [6.07, 6.45) is 8.50. The predicted molar refractivity (Wildman–Crippen MR) is 104 cm³/mol. The third-order valence-corrected chi connectivity index (χ3v) is 2.85. The van der Waals surface area contributed by atoms with Gasteiger partial charge in [0.25, 0.3) is 0 Å². The number of carbonyl (C=O) groups is 2. The largest absolute Gasteiger partial charge is 0.545 e. The monoisotopic (exact) mass is 366 g/mol. The lowest BCUT2D eigenvalue weighted by Crippen LogP contribution is -2.39. The summed E-state index contributed by atoms with van der Waals surface area (Å²) < 4.78 is 1.90. The number of rotatable bonds is 10.